The van der Waals surface area contributed by atoms with E-state index in [2.05, 4.69) is 15.9 Å². The van der Waals surface area contributed by atoms with E-state index in [-0.39, 0.29) is 5.82 Å². The third-order valence-corrected chi connectivity index (χ3v) is 3.03. The van der Waals surface area contributed by atoms with Gasteiger partial charge in [0.1, 0.15) is 17.3 Å². The third-order valence-electron chi connectivity index (χ3n) is 2.57. The molecule has 0 radical (unpaired) electrons. The van der Waals surface area contributed by atoms with Gasteiger partial charge in [-0.15, -0.1) is 0 Å². The van der Waals surface area contributed by atoms with Crippen LogP contribution in [0.25, 0.3) is 0 Å². The topological polar surface area (TPSA) is 35.2 Å². The summed E-state index contributed by atoms with van der Waals surface area (Å²) < 4.78 is 19.7. The molecule has 2 aromatic rings. The molecule has 0 atom stereocenters. The Hall–Kier alpha value is -1.39. The number of nitrogens with two attached hydrogens (primary N) is 1. The maximum atomic E-state index is 13.3. The summed E-state index contributed by atoms with van der Waals surface area (Å²) in [7, 11) is 0. The molecule has 0 unspecified atom stereocenters. The van der Waals surface area contributed by atoms with Crippen LogP contribution in [0.1, 0.15) is 11.1 Å². The maximum Gasteiger partial charge on any atom is 0.134 e. The minimum absolute atomic E-state index is 0.345. The summed E-state index contributed by atoms with van der Waals surface area (Å²) in [5.74, 6) is 0.797. The molecule has 0 saturated heterocycles. The van der Waals surface area contributed by atoms with Crippen molar-refractivity contribution in [2.24, 2.45) is 5.73 Å². The fourth-order valence-electron chi connectivity index (χ4n) is 1.73. The molecular weight excluding hydrogens is 297 g/mol. The Labute approximate surface area is 114 Å². The molecule has 0 spiro atoms. The van der Waals surface area contributed by atoms with Crippen LogP contribution in [0.4, 0.5) is 4.39 Å². The van der Waals surface area contributed by atoms with E-state index in [1.165, 1.54) is 12.1 Å². The zero-order chi connectivity index (χ0) is 13.1. The summed E-state index contributed by atoms with van der Waals surface area (Å²) in [6.07, 6.45) is 0. The van der Waals surface area contributed by atoms with Crippen LogP contribution in [0, 0.1) is 12.7 Å². The predicted octanol–water partition coefficient (Wildman–Crippen LogP) is 4.15. The van der Waals surface area contributed by atoms with Crippen LogP contribution < -0.4 is 10.5 Å². The monoisotopic (exact) mass is 309 g/mol. The van der Waals surface area contributed by atoms with Crippen molar-refractivity contribution in [3.63, 3.8) is 0 Å². The van der Waals surface area contributed by atoms with Gasteiger partial charge in [0.15, 0.2) is 0 Å². The van der Waals surface area contributed by atoms with E-state index in [0.29, 0.717) is 22.5 Å². The molecule has 2 nitrogen and oxygen atoms in total. The highest BCUT2D eigenvalue weighted by molar-refractivity contribution is 9.10. The Morgan fingerprint density at radius 1 is 1.28 bits per heavy atom. The third kappa shape index (κ3) is 2.89. The second-order valence-corrected chi connectivity index (χ2v) is 4.89. The quantitative estimate of drug-likeness (QED) is 0.924. The van der Waals surface area contributed by atoms with Crippen LogP contribution in [0.15, 0.2) is 40.9 Å². The Kier molecular flexibility index (Phi) is 3.99. The van der Waals surface area contributed by atoms with Crippen LogP contribution in [0.2, 0.25) is 0 Å². The summed E-state index contributed by atoms with van der Waals surface area (Å²) in [5, 5.41) is 0. The molecule has 0 fully saturated rings. The largest absolute Gasteiger partial charge is 0.457 e. The van der Waals surface area contributed by atoms with Crippen molar-refractivity contribution < 1.29 is 9.13 Å². The molecule has 94 valence electrons. The molecule has 0 aromatic heterocycles. The van der Waals surface area contributed by atoms with Gasteiger partial charge in [-0.25, -0.2) is 4.39 Å². The number of hydrogen-bond acceptors (Lipinski definition) is 2. The predicted molar refractivity (Wildman–Crippen MR) is 73.2 cm³/mol. The normalized spacial score (nSPS) is 10.4. The van der Waals surface area contributed by atoms with Crippen molar-refractivity contribution in [1.29, 1.82) is 0 Å². The van der Waals surface area contributed by atoms with E-state index >= 15 is 0 Å². The van der Waals surface area contributed by atoms with Gasteiger partial charge in [-0.2, -0.15) is 0 Å². The first-order chi connectivity index (χ1) is 8.60. The van der Waals surface area contributed by atoms with Crippen molar-refractivity contribution in [2.45, 2.75) is 13.5 Å². The van der Waals surface area contributed by atoms with E-state index in [4.69, 9.17) is 10.5 Å². The van der Waals surface area contributed by atoms with Gasteiger partial charge in [0.2, 0.25) is 0 Å². The Morgan fingerprint density at radius 3 is 2.72 bits per heavy atom. The van der Waals surface area contributed by atoms with Crippen LogP contribution >= 0.6 is 15.9 Å². The number of halogens is 2. The van der Waals surface area contributed by atoms with Crippen LogP contribution in [0.3, 0.4) is 0 Å². The highest BCUT2D eigenvalue weighted by Gasteiger charge is 2.08. The molecule has 0 heterocycles. The van der Waals surface area contributed by atoms with E-state index < -0.39 is 0 Å². The first-order valence-electron chi connectivity index (χ1n) is 5.52. The molecule has 0 saturated carbocycles. The molecule has 0 aliphatic rings. The van der Waals surface area contributed by atoms with Gasteiger partial charge in [0, 0.05) is 22.6 Å². The highest BCUT2D eigenvalue weighted by Crippen LogP contribution is 2.30. The number of rotatable bonds is 3. The number of benzene rings is 2. The average molecular weight is 310 g/mol. The van der Waals surface area contributed by atoms with Gasteiger partial charge in [-0.05, 0) is 24.6 Å². The second kappa shape index (κ2) is 5.50. The molecule has 2 N–H and O–H groups in total. The number of para-hydroxylation sites is 1. The first kappa shape index (κ1) is 13.1. The summed E-state index contributed by atoms with van der Waals surface area (Å²) in [4.78, 5) is 0. The molecule has 2 aromatic carbocycles. The van der Waals surface area contributed by atoms with Gasteiger partial charge in [-0.1, -0.05) is 34.1 Å². The van der Waals surface area contributed by atoms with Crippen LogP contribution in [-0.2, 0) is 6.54 Å². The van der Waals surface area contributed by atoms with E-state index in [1.807, 2.05) is 25.1 Å². The number of hydrogen-bond donors (Lipinski definition) is 1. The molecule has 0 aliphatic carbocycles. The summed E-state index contributed by atoms with van der Waals surface area (Å²) in [6, 6.07) is 10.2. The van der Waals surface area contributed by atoms with Crippen LogP contribution in [-0.4, -0.2) is 0 Å². The Bertz CT molecular complexity index is 551. The van der Waals surface area contributed by atoms with Gasteiger partial charge < -0.3 is 10.5 Å². The number of ether oxygens (including phenoxy) is 1. The van der Waals surface area contributed by atoms with Crippen molar-refractivity contribution in [3.05, 3.63) is 57.8 Å². The SMILES string of the molecule is Cc1cccc(CN)c1Oc1cc(F)cc(Br)c1. The van der Waals surface area contributed by atoms with E-state index in [0.717, 1.165) is 11.1 Å². The lowest BCUT2D eigenvalue weighted by Crippen LogP contribution is -2.01. The summed E-state index contributed by atoms with van der Waals surface area (Å²) in [5.41, 5.74) is 7.54. The number of aryl methyl sites for hydroxylation is 1. The minimum Gasteiger partial charge on any atom is -0.457 e. The van der Waals surface area contributed by atoms with E-state index in [1.54, 1.807) is 6.07 Å². The van der Waals surface area contributed by atoms with Gasteiger partial charge in [-0.3, -0.25) is 0 Å². The lowest BCUT2D eigenvalue weighted by molar-refractivity contribution is 0.467. The summed E-state index contributed by atoms with van der Waals surface area (Å²) >= 11 is 3.24. The van der Waals surface area contributed by atoms with Gasteiger partial charge in [0.25, 0.3) is 0 Å². The van der Waals surface area contributed by atoms with Crippen molar-refractivity contribution in [2.75, 3.05) is 0 Å². The van der Waals surface area contributed by atoms with Gasteiger partial charge >= 0.3 is 0 Å². The Balaban J connectivity index is 2.39. The first-order valence-corrected chi connectivity index (χ1v) is 6.32. The van der Waals surface area contributed by atoms with Crippen molar-refractivity contribution in [1.82, 2.24) is 0 Å². The fraction of sp³-hybridized carbons (Fsp3) is 0.143. The summed E-state index contributed by atoms with van der Waals surface area (Å²) in [6.45, 7) is 2.32. The Morgan fingerprint density at radius 2 is 2.06 bits per heavy atom. The molecule has 0 aliphatic heterocycles. The molecule has 2 rings (SSSR count). The van der Waals surface area contributed by atoms with Crippen molar-refractivity contribution >= 4 is 15.9 Å². The van der Waals surface area contributed by atoms with Gasteiger partial charge in [0.05, 0.1) is 0 Å². The zero-order valence-electron chi connectivity index (χ0n) is 9.91. The lowest BCUT2D eigenvalue weighted by atomic mass is 10.1. The molecule has 4 heteroatoms. The van der Waals surface area contributed by atoms with Crippen molar-refractivity contribution in [3.8, 4) is 11.5 Å². The zero-order valence-corrected chi connectivity index (χ0v) is 11.5. The lowest BCUT2D eigenvalue weighted by Gasteiger charge is -2.13. The van der Waals surface area contributed by atoms with E-state index in [9.17, 15) is 4.39 Å². The minimum atomic E-state index is -0.345. The average Bonchev–Trinajstić information content (AvgIpc) is 2.30. The molecular formula is C14H13BrFNO. The molecule has 0 bridgehead atoms. The molecule has 0 amide bonds. The standard InChI is InChI=1S/C14H13BrFNO/c1-9-3-2-4-10(8-17)14(9)18-13-6-11(15)5-12(16)7-13/h2-7H,8,17H2,1H3. The second-order valence-electron chi connectivity index (χ2n) is 3.97. The van der Waals surface area contributed by atoms with Crippen LogP contribution in [0.5, 0.6) is 11.5 Å². The smallest absolute Gasteiger partial charge is 0.134 e. The maximum absolute atomic E-state index is 13.3. The fourth-order valence-corrected chi connectivity index (χ4v) is 2.17. The molecule has 18 heavy (non-hydrogen) atoms. The highest BCUT2D eigenvalue weighted by atomic mass is 79.9.